The van der Waals surface area contributed by atoms with Gasteiger partial charge in [0.15, 0.2) is 0 Å². The fraction of sp³-hybridized carbons (Fsp3) is 0.462. The Balaban J connectivity index is 1.64. The van der Waals surface area contributed by atoms with Crippen LogP contribution in [0.3, 0.4) is 0 Å². The molecule has 0 saturated heterocycles. The first-order chi connectivity index (χ1) is 16.4. The maximum absolute atomic E-state index is 14.1. The molecule has 1 aliphatic carbocycles. The second kappa shape index (κ2) is 8.65. The molecule has 1 fully saturated rings. The van der Waals surface area contributed by atoms with Crippen LogP contribution in [0.15, 0.2) is 35.7 Å². The van der Waals surface area contributed by atoms with Crippen molar-refractivity contribution in [3.8, 4) is 11.5 Å². The maximum atomic E-state index is 14.1. The van der Waals surface area contributed by atoms with Gasteiger partial charge in [0.05, 0.1) is 36.7 Å². The largest absolute Gasteiger partial charge is 0.497 e. The Labute approximate surface area is 203 Å². The second-order valence-corrected chi connectivity index (χ2v) is 10.5. The fourth-order valence-corrected chi connectivity index (χ4v) is 6.24. The summed E-state index contributed by atoms with van der Waals surface area (Å²) < 4.78 is 14.1. The Hall–Kier alpha value is -3.00. The number of thiophene rings is 1. The third-order valence-corrected chi connectivity index (χ3v) is 8.30. The van der Waals surface area contributed by atoms with Crippen molar-refractivity contribution >= 4 is 39.1 Å². The Kier molecular flexibility index (Phi) is 5.80. The highest BCUT2D eigenvalue weighted by Crippen LogP contribution is 2.42. The van der Waals surface area contributed by atoms with Crippen LogP contribution in [0.4, 0.5) is 5.69 Å². The van der Waals surface area contributed by atoms with E-state index in [2.05, 4.69) is 12.2 Å². The summed E-state index contributed by atoms with van der Waals surface area (Å²) in [6, 6.07) is 9.37. The van der Waals surface area contributed by atoms with Crippen LogP contribution < -0.4 is 19.7 Å². The average molecular weight is 482 g/mol. The van der Waals surface area contributed by atoms with E-state index in [0.29, 0.717) is 35.3 Å². The van der Waals surface area contributed by atoms with Crippen LogP contribution in [-0.4, -0.2) is 42.2 Å². The number of nitrogens with zero attached hydrogens (tertiary/aromatic N) is 2. The lowest BCUT2D eigenvalue weighted by Gasteiger charge is -2.45. The Bertz CT molecular complexity index is 1250. The van der Waals surface area contributed by atoms with E-state index in [0.717, 1.165) is 29.5 Å². The van der Waals surface area contributed by atoms with Gasteiger partial charge in [0.2, 0.25) is 5.91 Å². The van der Waals surface area contributed by atoms with Gasteiger partial charge in [-0.25, -0.2) is 0 Å². The molecule has 8 heteroatoms. The van der Waals surface area contributed by atoms with Gasteiger partial charge in [-0.1, -0.05) is 19.8 Å². The number of rotatable bonds is 5. The normalized spacial score (nSPS) is 24.7. The van der Waals surface area contributed by atoms with Gasteiger partial charge in [-0.2, -0.15) is 0 Å². The summed E-state index contributed by atoms with van der Waals surface area (Å²) in [5.74, 6) is 1.14. The van der Waals surface area contributed by atoms with Crippen LogP contribution in [-0.2, 0) is 11.3 Å². The van der Waals surface area contributed by atoms with E-state index in [1.54, 1.807) is 48.7 Å². The van der Waals surface area contributed by atoms with Gasteiger partial charge in [0, 0.05) is 12.1 Å². The van der Waals surface area contributed by atoms with Gasteiger partial charge >= 0.3 is 0 Å². The molecule has 3 heterocycles. The molecular formula is C26H31N3O4S. The first-order valence-corrected chi connectivity index (χ1v) is 12.7. The highest BCUT2D eigenvalue weighted by atomic mass is 32.1. The predicted octanol–water partition coefficient (Wildman–Crippen LogP) is 4.83. The zero-order valence-corrected chi connectivity index (χ0v) is 20.9. The minimum absolute atomic E-state index is 0.106. The Morgan fingerprint density at radius 3 is 2.68 bits per heavy atom. The lowest BCUT2D eigenvalue weighted by atomic mass is 9.84. The van der Waals surface area contributed by atoms with Crippen LogP contribution in [0.25, 0.3) is 10.2 Å². The van der Waals surface area contributed by atoms with Gasteiger partial charge in [0.25, 0.3) is 5.91 Å². The Morgan fingerprint density at radius 2 is 1.94 bits per heavy atom. The van der Waals surface area contributed by atoms with E-state index in [1.807, 2.05) is 29.0 Å². The van der Waals surface area contributed by atoms with Crippen molar-refractivity contribution in [2.45, 2.75) is 57.7 Å². The van der Waals surface area contributed by atoms with Crippen molar-refractivity contribution in [3.63, 3.8) is 0 Å². The quantitative estimate of drug-likeness (QED) is 0.566. The van der Waals surface area contributed by atoms with E-state index in [-0.39, 0.29) is 17.9 Å². The molecule has 180 valence electrons. The number of fused-ring (bicyclic) bond motifs is 3. The van der Waals surface area contributed by atoms with Crippen molar-refractivity contribution < 1.29 is 19.1 Å². The molecule has 1 aliphatic heterocycles. The van der Waals surface area contributed by atoms with Crippen molar-refractivity contribution in [1.82, 2.24) is 9.88 Å². The number of hydrogen-bond acceptors (Lipinski definition) is 5. The molecule has 2 amide bonds. The number of benzene rings is 1. The van der Waals surface area contributed by atoms with Crippen LogP contribution in [0.1, 0.15) is 50.0 Å². The highest BCUT2D eigenvalue weighted by Gasteiger charge is 2.50. The third kappa shape index (κ3) is 3.55. The van der Waals surface area contributed by atoms with E-state index in [1.165, 1.54) is 6.42 Å². The van der Waals surface area contributed by atoms with Gasteiger partial charge in [-0.3, -0.25) is 14.5 Å². The molecule has 5 rings (SSSR count). The van der Waals surface area contributed by atoms with Gasteiger partial charge in [0.1, 0.15) is 22.7 Å². The average Bonchev–Trinajstić information content (AvgIpc) is 3.43. The zero-order valence-electron chi connectivity index (χ0n) is 20.1. The van der Waals surface area contributed by atoms with E-state index >= 15 is 0 Å². The van der Waals surface area contributed by atoms with Gasteiger partial charge in [-0.15, -0.1) is 11.3 Å². The minimum Gasteiger partial charge on any atom is -0.497 e. The topological polar surface area (TPSA) is 72.8 Å². The number of nitrogens with one attached hydrogen (secondary N) is 1. The molecular weight excluding hydrogens is 450 g/mol. The number of anilines is 1. The molecule has 3 aromatic rings. The number of aromatic nitrogens is 1. The van der Waals surface area contributed by atoms with Crippen molar-refractivity contribution in [3.05, 3.63) is 41.4 Å². The zero-order chi connectivity index (χ0) is 24.0. The summed E-state index contributed by atoms with van der Waals surface area (Å²) in [4.78, 5) is 29.7. The summed E-state index contributed by atoms with van der Waals surface area (Å²) >= 11 is 1.59. The number of methoxy groups -OCH3 is 2. The molecule has 1 N–H and O–H groups in total. The monoisotopic (exact) mass is 481 g/mol. The summed E-state index contributed by atoms with van der Waals surface area (Å²) in [5, 5.41) is 5.33. The summed E-state index contributed by atoms with van der Waals surface area (Å²) in [6.45, 7) is 4.40. The first-order valence-electron chi connectivity index (χ1n) is 11.8. The third-order valence-electron chi connectivity index (χ3n) is 7.45. The first kappa shape index (κ1) is 22.8. The molecule has 0 unspecified atom stereocenters. The van der Waals surface area contributed by atoms with Crippen LogP contribution >= 0.6 is 11.3 Å². The molecule has 2 aromatic heterocycles. The van der Waals surface area contributed by atoms with Crippen molar-refractivity contribution in [2.24, 2.45) is 5.92 Å². The standard InChI is InChI=1S/C26H31N3O4S/c1-16-7-5-6-8-18(16)27-25(31)26(2)15-28-19-11-12-34-23(19)14-21(28)24(30)29(26)20-13-17(32-3)9-10-22(20)33-4/h9-14,16,18H,5-8,15H2,1-4H3,(H,27,31)/t16-,18+,26-/m1/s1. The smallest absolute Gasteiger partial charge is 0.276 e. The molecule has 1 aromatic carbocycles. The molecule has 7 nitrogen and oxygen atoms in total. The van der Waals surface area contributed by atoms with Crippen molar-refractivity contribution in [1.29, 1.82) is 0 Å². The van der Waals surface area contributed by atoms with Crippen LogP contribution in [0, 0.1) is 5.92 Å². The molecule has 1 saturated carbocycles. The molecule has 0 bridgehead atoms. The molecule has 0 radical (unpaired) electrons. The second-order valence-electron chi connectivity index (χ2n) is 9.58. The maximum Gasteiger partial charge on any atom is 0.276 e. The minimum atomic E-state index is -1.16. The number of ether oxygens (including phenoxy) is 2. The summed E-state index contributed by atoms with van der Waals surface area (Å²) in [7, 11) is 3.15. The number of carbonyl (C=O) groups is 2. The molecule has 3 atom stereocenters. The molecule has 0 spiro atoms. The van der Waals surface area contributed by atoms with E-state index < -0.39 is 5.54 Å². The van der Waals surface area contributed by atoms with Crippen LogP contribution in [0.2, 0.25) is 0 Å². The van der Waals surface area contributed by atoms with E-state index in [9.17, 15) is 9.59 Å². The number of carbonyl (C=O) groups excluding carboxylic acids is 2. The summed E-state index contributed by atoms with van der Waals surface area (Å²) in [5.41, 5.74) is 0.921. The van der Waals surface area contributed by atoms with Crippen molar-refractivity contribution in [2.75, 3.05) is 19.1 Å². The SMILES string of the molecule is COc1ccc(OC)c(N2C(=O)c3cc4sccc4n3C[C@]2(C)C(=O)N[C@H]2CCCC[C@H]2C)c1. The van der Waals surface area contributed by atoms with Crippen LogP contribution in [0.5, 0.6) is 11.5 Å². The number of hydrogen-bond donors (Lipinski definition) is 1. The number of amides is 2. The summed E-state index contributed by atoms with van der Waals surface area (Å²) in [6.07, 6.45) is 4.36. The lowest BCUT2D eigenvalue weighted by molar-refractivity contribution is -0.127. The Morgan fingerprint density at radius 1 is 1.15 bits per heavy atom. The lowest BCUT2D eigenvalue weighted by Crippen LogP contribution is -2.65. The molecule has 2 aliphatic rings. The van der Waals surface area contributed by atoms with Gasteiger partial charge < -0.3 is 19.4 Å². The van der Waals surface area contributed by atoms with E-state index in [4.69, 9.17) is 9.47 Å². The predicted molar refractivity (Wildman–Crippen MR) is 134 cm³/mol. The molecule has 34 heavy (non-hydrogen) atoms. The fourth-order valence-electron chi connectivity index (χ4n) is 5.42. The van der Waals surface area contributed by atoms with Gasteiger partial charge in [-0.05, 0) is 55.3 Å². The highest BCUT2D eigenvalue weighted by molar-refractivity contribution is 7.17.